The molecular formula is C19H20N6O3. The number of aromatic nitrogens is 5. The summed E-state index contributed by atoms with van der Waals surface area (Å²) in [7, 11) is 1.53. The maximum Gasteiger partial charge on any atom is 0.276 e. The third-order valence-corrected chi connectivity index (χ3v) is 4.45. The van der Waals surface area contributed by atoms with E-state index < -0.39 is 0 Å². The molecule has 1 amide bonds. The molecule has 144 valence electrons. The Morgan fingerprint density at radius 1 is 1.14 bits per heavy atom. The van der Waals surface area contributed by atoms with Crippen molar-refractivity contribution in [1.82, 2.24) is 29.9 Å². The van der Waals surface area contributed by atoms with Crippen LogP contribution in [0.15, 0.2) is 48.9 Å². The van der Waals surface area contributed by atoms with E-state index in [9.17, 15) is 4.79 Å². The van der Waals surface area contributed by atoms with Crippen molar-refractivity contribution in [3.8, 4) is 17.4 Å². The van der Waals surface area contributed by atoms with Gasteiger partial charge in [0.25, 0.3) is 5.91 Å². The summed E-state index contributed by atoms with van der Waals surface area (Å²) in [6.45, 7) is 1.11. The van der Waals surface area contributed by atoms with E-state index in [1.165, 1.54) is 30.5 Å². The summed E-state index contributed by atoms with van der Waals surface area (Å²) in [4.78, 5) is 24.3. The summed E-state index contributed by atoms with van der Waals surface area (Å²) < 4.78 is 11.0. The highest BCUT2D eigenvalue weighted by molar-refractivity contribution is 5.92. The first-order chi connectivity index (χ1) is 13.7. The van der Waals surface area contributed by atoms with Crippen molar-refractivity contribution in [3.05, 3.63) is 54.6 Å². The molecule has 4 rings (SSSR count). The summed E-state index contributed by atoms with van der Waals surface area (Å²) in [6.07, 6.45) is 6.05. The Kier molecular flexibility index (Phi) is 5.14. The Balaban J connectivity index is 1.43. The van der Waals surface area contributed by atoms with Crippen LogP contribution in [-0.4, -0.2) is 62.1 Å². The highest BCUT2D eigenvalue weighted by atomic mass is 16.5. The van der Waals surface area contributed by atoms with Crippen LogP contribution in [0.1, 0.15) is 23.3 Å². The lowest BCUT2D eigenvalue weighted by Gasteiger charge is -2.32. The summed E-state index contributed by atoms with van der Waals surface area (Å²) in [5, 5.41) is 8.52. The first-order valence-electron chi connectivity index (χ1n) is 9.02. The number of likely N-dealkylation sites (tertiary alicyclic amines) is 1. The van der Waals surface area contributed by atoms with Crippen molar-refractivity contribution < 1.29 is 14.3 Å². The molecule has 1 aliphatic rings. The van der Waals surface area contributed by atoms with Gasteiger partial charge in [0.15, 0.2) is 5.69 Å². The molecule has 2 aromatic heterocycles. The molecular weight excluding hydrogens is 360 g/mol. The van der Waals surface area contributed by atoms with Gasteiger partial charge in [-0.15, -0.1) is 5.10 Å². The molecule has 28 heavy (non-hydrogen) atoms. The molecule has 0 saturated carbocycles. The molecule has 1 aromatic carbocycles. The second-order valence-electron chi connectivity index (χ2n) is 6.39. The van der Waals surface area contributed by atoms with Crippen molar-refractivity contribution in [2.45, 2.75) is 18.9 Å². The zero-order valence-electron chi connectivity index (χ0n) is 15.4. The number of para-hydroxylation sites is 1. The van der Waals surface area contributed by atoms with E-state index in [4.69, 9.17) is 9.47 Å². The van der Waals surface area contributed by atoms with E-state index in [1.54, 1.807) is 4.90 Å². The number of benzene rings is 1. The predicted octanol–water partition coefficient (Wildman–Crippen LogP) is 1.75. The van der Waals surface area contributed by atoms with Crippen LogP contribution in [0, 0.1) is 0 Å². The molecule has 1 atom stereocenters. The standard InChI is InChI=1S/C19H20N6O3/c1-27-17-11-20-12-18(22-17)28-15-8-5-9-24(13-15)19(26)16-10-21-25(23-16)14-6-3-2-4-7-14/h2-4,6-7,10-12,15H,5,8-9,13H2,1H3. The van der Waals surface area contributed by atoms with Gasteiger partial charge >= 0.3 is 0 Å². The fourth-order valence-electron chi connectivity index (χ4n) is 3.08. The van der Waals surface area contributed by atoms with E-state index >= 15 is 0 Å². The predicted molar refractivity (Wildman–Crippen MR) is 99.5 cm³/mol. The Bertz CT molecular complexity index is 946. The first-order valence-corrected chi connectivity index (χ1v) is 9.02. The lowest BCUT2D eigenvalue weighted by Crippen LogP contribution is -2.44. The molecule has 1 aliphatic heterocycles. The van der Waals surface area contributed by atoms with Crippen LogP contribution in [0.4, 0.5) is 0 Å². The molecule has 0 aliphatic carbocycles. The van der Waals surface area contributed by atoms with Gasteiger partial charge in [0.05, 0.1) is 37.9 Å². The highest BCUT2D eigenvalue weighted by Gasteiger charge is 2.27. The van der Waals surface area contributed by atoms with Crippen LogP contribution in [0.5, 0.6) is 11.8 Å². The van der Waals surface area contributed by atoms with Crippen LogP contribution in [-0.2, 0) is 0 Å². The number of carbonyl (C=O) groups is 1. The average molecular weight is 380 g/mol. The lowest BCUT2D eigenvalue weighted by atomic mass is 10.1. The summed E-state index contributed by atoms with van der Waals surface area (Å²) in [5.74, 6) is 0.611. The summed E-state index contributed by atoms with van der Waals surface area (Å²) >= 11 is 0. The van der Waals surface area contributed by atoms with Crippen molar-refractivity contribution in [3.63, 3.8) is 0 Å². The van der Waals surface area contributed by atoms with Gasteiger partial charge in [-0.25, -0.2) is 0 Å². The fourth-order valence-corrected chi connectivity index (χ4v) is 3.08. The zero-order valence-corrected chi connectivity index (χ0v) is 15.4. The van der Waals surface area contributed by atoms with Gasteiger partial charge in [-0.1, -0.05) is 18.2 Å². The van der Waals surface area contributed by atoms with Crippen LogP contribution < -0.4 is 9.47 Å². The Hall–Kier alpha value is -3.49. The molecule has 9 nitrogen and oxygen atoms in total. The number of rotatable bonds is 5. The Morgan fingerprint density at radius 2 is 1.96 bits per heavy atom. The van der Waals surface area contributed by atoms with Gasteiger partial charge in [-0.2, -0.15) is 14.9 Å². The van der Waals surface area contributed by atoms with Crippen LogP contribution in [0.25, 0.3) is 5.69 Å². The monoisotopic (exact) mass is 380 g/mol. The summed E-state index contributed by atoms with van der Waals surface area (Å²) in [6, 6.07) is 9.48. The van der Waals surface area contributed by atoms with E-state index in [1.807, 2.05) is 30.3 Å². The lowest BCUT2D eigenvalue weighted by molar-refractivity contribution is 0.0520. The van der Waals surface area contributed by atoms with Crippen molar-refractivity contribution in [1.29, 1.82) is 0 Å². The van der Waals surface area contributed by atoms with Gasteiger partial charge < -0.3 is 14.4 Å². The molecule has 1 unspecified atom stereocenters. The van der Waals surface area contributed by atoms with Gasteiger partial charge in [0, 0.05) is 6.54 Å². The second-order valence-corrected chi connectivity index (χ2v) is 6.39. The zero-order chi connectivity index (χ0) is 19.3. The topological polar surface area (TPSA) is 95.3 Å². The minimum Gasteiger partial charge on any atom is -0.480 e. The number of piperidine rings is 1. The second kappa shape index (κ2) is 8.03. The quantitative estimate of drug-likeness (QED) is 0.665. The van der Waals surface area contributed by atoms with Crippen LogP contribution in [0.3, 0.4) is 0 Å². The summed E-state index contributed by atoms with van der Waals surface area (Å²) in [5.41, 5.74) is 1.11. The van der Waals surface area contributed by atoms with E-state index in [-0.39, 0.29) is 12.0 Å². The third-order valence-electron chi connectivity index (χ3n) is 4.45. The number of amides is 1. The number of nitrogens with zero attached hydrogens (tertiary/aromatic N) is 6. The van der Waals surface area contributed by atoms with Crippen LogP contribution >= 0.6 is 0 Å². The smallest absolute Gasteiger partial charge is 0.276 e. The maximum absolute atomic E-state index is 12.8. The van der Waals surface area contributed by atoms with Gasteiger partial charge in [0.2, 0.25) is 11.8 Å². The van der Waals surface area contributed by atoms with Crippen molar-refractivity contribution in [2.24, 2.45) is 0 Å². The number of methoxy groups -OCH3 is 1. The number of carbonyl (C=O) groups excluding carboxylic acids is 1. The third kappa shape index (κ3) is 3.93. The molecule has 9 heteroatoms. The fraction of sp³-hybridized carbons (Fsp3) is 0.316. The maximum atomic E-state index is 12.8. The molecule has 3 heterocycles. The van der Waals surface area contributed by atoms with Gasteiger partial charge in [-0.3, -0.25) is 9.78 Å². The minimum absolute atomic E-state index is 0.160. The molecule has 0 spiro atoms. The molecule has 1 saturated heterocycles. The molecule has 0 bridgehead atoms. The Labute approximate surface area is 161 Å². The number of hydrogen-bond acceptors (Lipinski definition) is 7. The first kappa shape index (κ1) is 17.9. The molecule has 0 N–H and O–H groups in total. The van der Waals surface area contributed by atoms with Crippen molar-refractivity contribution in [2.75, 3.05) is 20.2 Å². The average Bonchev–Trinajstić information content (AvgIpc) is 3.24. The molecule has 3 aromatic rings. The van der Waals surface area contributed by atoms with Crippen molar-refractivity contribution >= 4 is 5.91 Å². The van der Waals surface area contributed by atoms with E-state index in [0.29, 0.717) is 30.5 Å². The highest BCUT2D eigenvalue weighted by Crippen LogP contribution is 2.19. The van der Waals surface area contributed by atoms with Crippen LogP contribution in [0.2, 0.25) is 0 Å². The number of hydrogen-bond donors (Lipinski definition) is 0. The van der Waals surface area contributed by atoms with Gasteiger partial charge in [-0.05, 0) is 25.0 Å². The number of ether oxygens (including phenoxy) is 2. The van der Waals surface area contributed by atoms with E-state index in [2.05, 4.69) is 20.2 Å². The Morgan fingerprint density at radius 3 is 2.79 bits per heavy atom. The normalized spacial score (nSPS) is 16.6. The molecule has 0 radical (unpaired) electrons. The minimum atomic E-state index is -0.164. The largest absolute Gasteiger partial charge is 0.480 e. The van der Waals surface area contributed by atoms with Gasteiger partial charge in [0.1, 0.15) is 6.10 Å². The van der Waals surface area contributed by atoms with E-state index in [0.717, 1.165) is 18.5 Å². The molecule has 1 fully saturated rings. The SMILES string of the molecule is COc1cncc(OC2CCCN(C(=O)c3cnn(-c4ccccc4)n3)C2)n1.